The fourth-order valence-electron chi connectivity index (χ4n) is 4.78. The van der Waals surface area contributed by atoms with Crippen LogP contribution in [0.4, 0.5) is 0 Å². The SMILES string of the molecule is O=C1[C@H]2CCCC[C@H]2C(=O)N1C[C@@H](O)CO[C@@H]1CCCc2ccccc21. The Bertz CT molecular complexity index is 664. The summed E-state index contributed by atoms with van der Waals surface area (Å²) in [5.74, 6) is -0.507. The molecule has 2 amide bonds. The Labute approximate surface area is 154 Å². The van der Waals surface area contributed by atoms with Crippen LogP contribution in [0.2, 0.25) is 0 Å². The summed E-state index contributed by atoms with van der Waals surface area (Å²) in [6.07, 6.45) is 5.87. The molecule has 5 heteroatoms. The second kappa shape index (κ2) is 7.49. The maximum absolute atomic E-state index is 12.5. The lowest BCUT2D eigenvalue weighted by Gasteiger charge is -2.27. The minimum atomic E-state index is -0.836. The van der Waals surface area contributed by atoms with Crippen LogP contribution in [0.1, 0.15) is 55.8 Å². The highest BCUT2D eigenvalue weighted by Crippen LogP contribution is 2.38. The fourth-order valence-corrected chi connectivity index (χ4v) is 4.78. The van der Waals surface area contributed by atoms with Crippen molar-refractivity contribution in [2.75, 3.05) is 13.2 Å². The minimum absolute atomic E-state index is 0.0119. The van der Waals surface area contributed by atoms with E-state index in [0.717, 1.165) is 44.9 Å². The molecular weight excluding hydrogens is 330 g/mol. The zero-order chi connectivity index (χ0) is 18.1. The number of aliphatic hydroxyl groups excluding tert-OH is 1. The fraction of sp³-hybridized carbons (Fsp3) is 0.619. The number of likely N-dealkylation sites (tertiary alicyclic amines) is 1. The number of aryl methyl sites for hydroxylation is 1. The first-order valence-electron chi connectivity index (χ1n) is 9.88. The molecule has 1 N–H and O–H groups in total. The number of imide groups is 1. The summed E-state index contributed by atoms with van der Waals surface area (Å²) in [6, 6.07) is 8.27. The molecule has 4 rings (SSSR count). The van der Waals surface area contributed by atoms with E-state index >= 15 is 0 Å². The van der Waals surface area contributed by atoms with Crippen LogP contribution in [0.5, 0.6) is 0 Å². The van der Waals surface area contributed by atoms with Crippen molar-refractivity contribution in [3.63, 3.8) is 0 Å². The number of aliphatic hydroxyl groups is 1. The molecule has 0 unspecified atom stereocenters. The van der Waals surface area contributed by atoms with Gasteiger partial charge in [0, 0.05) is 0 Å². The average Bonchev–Trinajstić information content (AvgIpc) is 2.91. The molecular formula is C21H27NO4. The zero-order valence-corrected chi connectivity index (χ0v) is 15.1. The van der Waals surface area contributed by atoms with E-state index in [9.17, 15) is 14.7 Å². The molecule has 1 aliphatic heterocycles. The van der Waals surface area contributed by atoms with E-state index in [0.29, 0.717) is 0 Å². The highest BCUT2D eigenvalue weighted by atomic mass is 16.5. The van der Waals surface area contributed by atoms with E-state index in [4.69, 9.17) is 4.74 Å². The van der Waals surface area contributed by atoms with Crippen molar-refractivity contribution in [2.24, 2.45) is 11.8 Å². The summed E-state index contributed by atoms with van der Waals surface area (Å²) in [4.78, 5) is 26.3. The summed E-state index contributed by atoms with van der Waals surface area (Å²) in [6.45, 7) is 0.199. The molecule has 2 aliphatic carbocycles. The first-order valence-corrected chi connectivity index (χ1v) is 9.88. The Balaban J connectivity index is 1.34. The van der Waals surface area contributed by atoms with Gasteiger partial charge in [0.25, 0.3) is 0 Å². The van der Waals surface area contributed by atoms with Crippen molar-refractivity contribution in [1.29, 1.82) is 0 Å². The topological polar surface area (TPSA) is 66.8 Å². The molecule has 2 fully saturated rings. The highest BCUT2D eigenvalue weighted by Gasteiger charge is 2.48. The number of carbonyl (C=O) groups is 2. The van der Waals surface area contributed by atoms with Crippen LogP contribution in [-0.4, -0.2) is 41.1 Å². The molecule has 140 valence electrons. The average molecular weight is 357 g/mol. The number of benzene rings is 1. The van der Waals surface area contributed by atoms with E-state index < -0.39 is 6.10 Å². The van der Waals surface area contributed by atoms with Gasteiger partial charge in [-0.05, 0) is 43.2 Å². The monoisotopic (exact) mass is 357 g/mol. The third-order valence-corrected chi connectivity index (χ3v) is 6.13. The molecule has 0 aromatic heterocycles. The van der Waals surface area contributed by atoms with Crippen LogP contribution in [0.3, 0.4) is 0 Å². The van der Waals surface area contributed by atoms with E-state index in [-0.39, 0.29) is 42.9 Å². The van der Waals surface area contributed by atoms with Crippen LogP contribution in [0.15, 0.2) is 24.3 Å². The van der Waals surface area contributed by atoms with Gasteiger partial charge in [0.05, 0.1) is 37.2 Å². The van der Waals surface area contributed by atoms with Crippen LogP contribution < -0.4 is 0 Å². The van der Waals surface area contributed by atoms with Crippen molar-refractivity contribution < 1.29 is 19.4 Å². The van der Waals surface area contributed by atoms with Crippen molar-refractivity contribution in [2.45, 2.75) is 57.2 Å². The number of hydrogen-bond donors (Lipinski definition) is 1. The lowest BCUT2D eigenvalue weighted by atomic mass is 9.81. The number of nitrogens with zero attached hydrogens (tertiary/aromatic N) is 1. The van der Waals surface area contributed by atoms with Gasteiger partial charge in [-0.2, -0.15) is 0 Å². The van der Waals surface area contributed by atoms with Crippen molar-refractivity contribution in [1.82, 2.24) is 4.90 Å². The molecule has 26 heavy (non-hydrogen) atoms. The standard InChI is InChI=1S/C21H27NO4/c23-15(12-22-20(24)17-9-3-4-10-18(17)21(22)25)13-26-19-11-5-7-14-6-1-2-8-16(14)19/h1-2,6,8,15,17-19,23H,3-5,7,9-13H2/t15-,17-,18+,19-/m1/s1. The van der Waals surface area contributed by atoms with Gasteiger partial charge < -0.3 is 9.84 Å². The Morgan fingerprint density at radius 1 is 1.04 bits per heavy atom. The zero-order valence-electron chi connectivity index (χ0n) is 15.1. The molecule has 1 aromatic rings. The summed E-state index contributed by atoms with van der Waals surface area (Å²) < 4.78 is 5.97. The molecule has 1 aromatic carbocycles. The molecule has 1 saturated carbocycles. The second-order valence-corrected chi connectivity index (χ2v) is 7.85. The van der Waals surface area contributed by atoms with Gasteiger partial charge in [-0.25, -0.2) is 0 Å². The van der Waals surface area contributed by atoms with E-state index in [1.807, 2.05) is 12.1 Å². The lowest BCUT2D eigenvalue weighted by molar-refractivity contribution is -0.142. The number of rotatable bonds is 5. The summed E-state index contributed by atoms with van der Waals surface area (Å²) in [7, 11) is 0. The minimum Gasteiger partial charge on any atom is -0.389 e. The number of amides is 2. The highest BCUT2D eigenvalue weighted by molar-refractivity contribution is 6.05. The number of ether oxygens (including phenoxy) is 1. The van der Waals surface area contributed by atoms with Gasteiger partial charge >= 0.3 is 0 Å². The van der Waals surface area contributed by atoms with Gasteiger partial charge in [-0.1, -0.05) is 37.1 Å². The summed E-state index contributed by atoms with van der Waals surface area (Å²) in [5.41, 5.74) is 2.51. The molecule has 0 bridgehead atoms. The van der Waals surface area contributed by atoms with Crippen LogP contribution in [-0.2, 0) is 20.7 Å². The quantitative estimate of drug-likeness (QED) is 0.823. The van der Waals surface area contributed by atoms with E-state index in [2.05, 4.69) is 12.1 Å². The molecule has 4 atom stereocenters. The third kappa shape index (κ3) is 3.30. The normalized spacial score (nSPS) is 29.4. The Morgan fingerprint density at radius 2 is 1.73 bits per heavy atom. The van der Waals surface area contributed by atoms with Crippen molar-refractivity contribution >= 4 is 11.8 Å². The van der Waals surface area contributed by atoms with Crippen LogP contribution in [0.25, 0.3) is 0 Å². The van der Waals surface area contributed by atoms with Gasteiger partial charge in [0.2, 0.25) is 11.8 Å². The van der Waals surface area contributed by atoms with Gasteiger partial charge in [0.1, 0.15) is 0 Å². The second-order valence-electron chi connectivity index (χ2n) is 7.85. The van der Waals surface area contributed by atoms with Gasteiger partial charge in [-0.3, -0.25) is 14.5 Å². The third-order valence-electron chi connectivity index (χ3n) is 6.13. The number of β-amino-alcohol motifs (C(OH)–C–C–N with tert-alkyl or cyclic N) is 1. The maximum Gasteiger partial charge on any atom is 0.233 e. The van der Waals surface area contributed by atoms with Gasteiger partial charge in [-0.15, -0.1) is 0 Å². The lowest BCUT2D eigenvalue weighted by Crippen LogP contribution is -2.39. The number of carbonyl (C=O) groups excluding carboxylic acids is 2. The Hall–Kier alpha value is -1.72. The largest absolute Gasteiger partial charge is 0.389 e. The van der Waals surface area contributed by atoms with Crippen LogP contribution in [0, 0.1) is 11.8 Å². The first kappa shape index (κ1) is 17.7. The predicted octanol–water partition coefficient (Wildman–Crippen LogP) is 2.62. The first-order chi connectivity index (χ1) is 12.6. The molecule has 5 nitrogen and oxygen atoms in total. The predicted molar refractivity (Wildman–Crippen MR) is 96.2 cm³/mol. The van der Waals surface area contributed by atoms with Crippen LogP contribution >= 0.6 is 0 Å². The van der Waals surface area contributed by atoms with Gasteiger partial charge in [0.15, 0.2) is 0 Å². The number of fused-ring (bicyclic) bond motifs is 2. The molecule has 0 spiro atoms. The Morgan fingerprint density at radius 3 is 2.46 bits per heavy atom. The van der Waals surface area contributed by atoms with Crippen molar-refractivity contribution in [3.8, 4) is 0 Å². The maximum atomic E-state index is 12.5. The molecule has 1 heterocycles. The van der Waals surface area contributed by atoms with E-state index in [1.165, 1.54) is 16.0 Å². The number of hydrogen-bond acceptors (Lipinski definition) is 4. The smallest absolute Gasteiger partial charge is 0.233 e. The van der Waals surface area contributed by atoms with E-state index in [1.54, 1.807) is 0 Å². The Kier molecular flexibility index (Phi) is 5.09. The summed E-state index contributed by atoms with van der Waals surface area (Å²) in [5, 5.41) is 10.4. The molecule has 1 saturated heterocycles. The molecule has 3 aliphatic rings. The molecule has 0 radical (unpaired) electrons. The van der Waals surface area contributed by atoms with Crippen molar-refractivity contribution in [3.05, 3.63) is 35.4 Å². The summed E-state index contributed by atoms with van der Waals surface area (Å²) >= 11 is 0.